The van der Waals surface area contributed by atoms with Crippen LogP contribution in [0, 0.1) is 6.92 Å². The summed E-state index contributed by atoms with van der Waals surface area (Å²) >= 11 is 0. The highest BCUT2D eigenvalue weighted by atomic mass is 15.0. The molecule has 2 N–H and O–H groups in total. The maximum absolute atomic E-state index is 3.42. The number of benzene rings is 1. The summed E-state index contributed by atoms with van der Waals surface area (Å²) < 4.78 is 0. The molecule has 16 heavy (non-hydrogen) atoms. The highest BCUT2D eigenvalue weighted by Gasteiger charge is 2.13. The molecule has 0 unspecified atom stereocenters. The predicted molar refractivity (Wildman–Crippen MR) is 69.6 cm³/mol. The number of aryl methyl sites for hydroxylation is 1. The van der Waals surface area contributed by atoms with Gasteiger partial charge < -0.3 is 10.3 Å². The minimum Gasteiger partial charge on any atom is -0.372 e. The van der Waals surface area contributed by atoms with Crippen LogP contribution >= 0.6 is 0 Å². The molecule has 2 nitrogen and oxygen atoms in total. The fourth-order valence-electron chi connectivity index (χ4n) is 2.35. The van der Waals surface area contributed by atoms with Crippen molar-refractivity contribution >= 4 is 28.9 Å². The van der Waals surface area contributed by atoms with Gasteiger partial charge in [-0.15, -0.1) is 5.73 Å². The van der Waals surface area contributed by atoms with E-state index in [-0.39, 0.29) is 0 Å². The zero-order valence-electron chi connectivity index (χ0n) is 9.52. The largest absolute Gasteiger partial charge is 0.372 e. The molecule has 2 aromatic rings. The lowest BCUT2D eigenvalue weighted by molar-refractivity contribution is 1.17. The van der Waals surface area contributed by atoms with Gasteiger partial charge in [0.2, 0.25) is 0 Å². The lowest BCUT2D eigenvalue weighted by Gasteiger charge is -2.01. The summed E-state index contributed by atoms with van der Waals surface area (Å²) in [6.07, 6.45) is 4.10. The van der Waals surface area contributed by atoms with Crippen molar-refractivity contribution in [3.05, 3.63) is 34.6 Å². The Kier molecular flexibility index (Phi) is 1.92. The van der Waals surface area contributed by atoms with Gasteiger partial charge in [-0.2, -0.15) is 0 Å². The Bertz CT molecular complexity index is 626. The molecule has 80 valence electrons. The minimum atomic E-state index is 0.934. The molecule has 1 aromatic carbocycles. The van der Waals surface area contributed by atoms with Crippen molar-refractivity contribution < 1.29 is 0 Å². The van der Waals surface area contributed by atoms with Gasteiger partial charge in [-0.25, -0.2) is 0 Å². The molecule has 0 fully saturated rings. The second-order valence-corrected chi connectivity index (χ2v) is 4.10. The third kappa shape index (κ3) is 1.14. The third-order valence-corrected chi connectivity index (χ3v) is 3.11. The number of H-pyrrole nitrogens is 1. The van der Waals surface area contributed by atoms with E-state index in [4.69, 9.17) is 0 Å². The molecular formula is C14H14N2. The van der Waals surface area contributed by atoms with Gasteiger partial charge in [0.1, 0.15) is 5.82 Å². The van der Waals surface area contributed by atoms with Crippen LogP contribution in [-0.4, -0.2) is 11.5 Å². The van der Waals surface area contributed by atoms with Crippen molar-refractivity contribution in [3.63, 3.8) is 0 Å². The number of rotatable bonds is 2. The first-order valence-electron chi connectivity index (χ1n) is 5.63. The highest BCUT2D eigenvalue weighted by molar-refractivity contribution is 5.99. The molecule has 0 bridgehead atoms. The predicted octanol–water partition coefficient (Wildman–Crippen LogP) is 3.55. The Morgan fingerprint density at radius 2 is 2.19 bits per heavy atom. The minimum absolute atomic E-state index is 0.934. The summed E-state index contributed by atoms with van der Waals surface area (Å²) in [5.41, 5.74) is 8.20. The van der Waals surface area contributed by atoms with Gasteiger partial charge in [-0.3, -0.25) is 0 Å². The summed E-state index contributed by atoms with van der Waals surface area (Å²) in [6, 6.07) is 4.28. The molecule has 0 amide bonds. The molecule has 3 rings (SSSR count). The van der Waals surface area contributed by atoms with Gasteiger partial charge >= 0.3 is 0 Å². The van der Waals surface area contributed by atoms with Gasteiger partial charge in [0, 0.05) is 17.4 Å². The Morgan fingerprint density at radius 3 is 3.00 bits per heavy atom. The van der Waals surface area contributed by atoms with Crippen LogP contribution in [0.3, 0.4) is 0 Å². The summed E-state index contributed by atoms with van der Waals surface area (Å²) in [7, 11) is 0. The van der Waals surface area contributed by atoms with Gasteiger partial charge in [0.25, 0.3) is 0 Å². The van der Waals surface area contributed by atoms with E-state index in [1.165, 1.54) is 27.6 Å². The van der Waals surface area contributed by atoms with Crippen LogP contribution < -0.4 is 5.32 Å². The molecule has 0 saturated heterocycles. The lowest BCUT2D eigenvalue weighted by Crippen LogP contribution is -1.97. The Morgan fingerprint density at radius 1 is 1.31 bits per heavy atom. The standard InChI is InChI=1S/C14H14N2/c1-3-15-14-9(2)13-11-6-4-5-10(11)7-8-12(13)16-14/h5-8,15-16H,3H2,1-2H3. The van der Waals surface area contributed by atoms with Crippen molar-refractivity contribution in [2.45, 2.75) is 13.8 Å². The molecule has 0 atom stereocenters. The van der Waals surface area contributed by atoms with E-state index < -0.39 is 0 Å². The molecule has 2 heteroatoms. The van der Waals surface area contributed by atoms with Crippen LogP contribution in [-0.2, 0) is 0 Å². The first kappa shape index (κ1) is 9.32. The maximum atomic E-state index is 3.42. The Hall–Kier alpha value is -1.92. The molecule has 1 aromatic heterocycles. The summed E-state index contributed by atoms with van der Waals surface area (Å²) in [5.74, 6) is 1.13. The first-order chi connectivity index (χ1) is 7.81. The van der Waals surface area contributed by atoms with Crippen molar-refractivity contribution in [3.8, 4) is 0 Å². The smallest absolute Gasteiger partial charge is 0.107 e. The summed E-state index contributed by atoms with van der Waals surface area (Å²) in [6.45, 7) is 5.20. The monoisotopic (exact) mass is 210 g/mol. The molecule has 1 heterocycles. The van der Waals surface area contributed by atoms with E-state index in [0.717, 1.165) is 12.4 Å². The Balaban J connectivity index is 2.32. The SMILES string of the molecule is CCNc1[nH]c2ccc3c(c2c1C)C=C=C3. The van der Waals surface area contributed by atoms with Crippen molar-refractivity contribution in [1.29, 1.82) is 0 Å². The van der Waals surface area contributed by atoms with Crippen molar-refractivity contribution in [2.75, 3.05) is 11.9 Å². The van der Waals surface area contributed by atoms with Crippen LogP contribution in [0.2, 0.25) is 0 Å². The number of hydrogen-bond donors (Lipinski definition) is 2. The molecule has 1 aliphatic carbocycles. The van der Waals surface area contributed by atoms with Crippen molar-refractivity contribution in [2.24, 2.45) is 0 Å². The van der Waals surface area contributed by atoms with E-state index in [1.807, 2.05) is 6.08 Å². The van der Waals surface area contributed by atoms with E-state index >= 15 is 0 Å². The van der Waals surface area contributed by atoms with Crippen molar-refractivity contribution in [1.82, 2.24) is 4.98 Å². The second-order valence-electron chi connectivity index (χ2n) is 4.10. The van der Waals surface area contributed by atoms with Crippen LogP contribution in [0.4, 0.5) is 5.82 Å². The van der Waals surface area contributed by atoms with E-state index in [0.29, 0.717) is 0 Å². The molecule has 1 aliphatic rings. The molecular weight excluding hydrogens is 196 g/mol. The topological polar surface area (TPSA) is 27.8 Å². The fraction of sp³-hybridized carbons (Fsp3) is 0.214. The summed E-state index contributed by atoms with van der Waals surface area (Å²) in [4.78, 5) is 3.42. The molecule has 0 aliphatic heterocycles. The van der Waals surface area contributed by atoms with E-state index in [1.54, 1.807) is 0 Å². The quantitative estimate of drug-likeness (QED) is 0.622. The first-order valence-corrected chi connectivity index (χ1v) is 5.63. The van der Waals surface area contributed by atoms with Crippen LogP contribution in [0.1, 0.15) is 23.6 Å². The molecule has 0 spiro atoms. The normalized spacial score (nSPS) is 12.4. The number of hydrogen-bond acceptors (Lipinski definition) is 1. The summed E-state index contributed by atoms with van der Waals surface area (Å²) in [5, 5.41) is 4.67. The highest BCUT2D eigenvalue weighted by Crippen LogP contribution is 2.33. The number of aromatic amines is 1. The van der Waals surface area contributed by atoms with Crippen LogP contribution in [0.5, 0.6) is 0 Å². The van der Waals surface area contributed by atoms with Gasteiger partial charge in [0.05, 0.1) is 0 Å². The van der Waals surface area contributed by atoms with Crippen LogP contribution in [0.25, 0.3) is 23.1 Å². The zero-order chi connectivity index (χ0) is 11.1. The molecule has 0 radical (unpaired) electrons. The zero-order valence-corrected chi connectivity index (χ0v) is 9.52. The van der Waals surface area contributed by atoms with E-state index in [9.17, 15) is 0 Å². The number of aromatic nitrogens is 1. The number of nitrogens with one attached hydrogen (secondary N) is 2. The maximum Gasteiger partial charge on any atom is 0.107 e. The fourth-order valence-corrected chi connectivity index (χ4v) is 2.35. The molecule has 0 saturated carbocycles. The van der Waals surface area contributed by atoms with Crippen LogP contribution in [0.15, 0.2) is 17.9 Å². The van der Waals surface area contributed by atoms with Gasteiger partial charge in [-0.05, 0) is 48.8 Å². The lowest BCUT2D eigenvalue weighted by atomic mass is 10.0. The third-order valence-electron chi connectivity index (χ3n) is 3.11. The number of fused-ring (bicyclic) bond motifs is 3. The average molecular weight is 210 g/mol. The van der Waals surface area contributed by atoms with Gasteiger partial charge in [-0.1, -0.05) is 6.07 Å². The van der Waals surface area contributed by atoms with E-state index in [2.05, 4.69) is 48.1 Å². The second kappa shape index (κ2) is 3.29. The Labute approximate surface area is 94.7 Å². The average Bonchev–Trinajstić information content (AvgIpc) is 2.84. The number of anilines is 1. The van der Waals surface area contributed by atoms with Gasteiger partial charge in [0.15, 0.2) is 0 Å².